The van der Waals surface area contributed by atoms with E-state index in [1.165, 1.54) is 0 Å². The van der Waals surface area contributed by atoms with Crippen molar-refractivity contribution in [1.82, 2.24) is 14.7 Å². The van der Waals surface area contributed by atoms with Gasteiger partial charge in [0.25, 0.3) is 5.91 Å². The Hall–Kier alpha value is -2.67. The molecule has 3 heterocycles. The Morgan fingerprint density at radius 1 is 1.27 bits per heavy atom. The van der Waals surface area contributed by atoms with Crippen LogP contribution in [0.2, 0.25) is 0 Å². The summed E-state index contributed by atoms with van der Waals surface area (Å²) in [5.41, 5.74) is 1.48. The maximum absolute atomic E-state index is 12.9. The fourth-order valence-corrected chi connectivity index (χ4v) is 3.95. The van der Waals surface area contributed by atoms with Crippen LogP contribution in [0.5, 0.6) is 0 Å². The number of aryl methyl sites for hydroxylation is 1. The Bertz CT molecular complexity index is 845. The third kappa shape index (κ3) is 2.68. The molecule has 2 aliphatic rings. The van der Waals surface area contributed by atoms with Crippen molar-refractivity contribution in [3.05, 3.63) is 47.8 Å². The number of amides is 1. The van der Waals surface area contributed by atoms with Crippen LogP contribution >= 0.6 is 0 Å². The molecule has 1 N–H and O–H groups in total. The van der Waals surface area contributed by atoms with E-state index in [0.717, 1.165) is 11.4 Å². The molecule has 7 heteroatoms. The summed E-state index contributed by atoms with van der Waals surface area (Å²) in [5, 5.41) is 14.1. The Balaban J connectivity index is 1.54. The van der Waals surface area contributed by atoms with E-state index in [4.69, 9.17) is 4.74 Å². The number of ether oxygens (including phenoxy) is 1. The molecule has 136 valence electrons. The predicted octanol–water partition coefficient (Wildman–Crippen LogP) is 1.74. The second kappa shape index (κ2) is 6.25. The van der Waals surface area contributed by atoms with Gasteiger partial charge in [-0.3, -0.25) is 9.59 Å². The second-order valence-corrected chi connectivity index (χ2v) is 7.12. The number of rotatable bonds is 3. The summed E-state index contributed by atoms with van der Waals surface area (Å²) >= 11 is 0. The first kappa shape index (κ1) is 16.8. The average Bonchev–Trinajstić information content (AvgIpc) is 3.25. The fraction of sp³-hybridized carbons (Fsp3) is 0.421. The highest BCUT2D eigenvalue weighted by molar-refractivity contribution is 5.95. The topological polar surface area (TPSA) is 84.7 Å². The number of hydrogen-bond donors (Lipinski definition) is 1. The fourth-order valence-electron chi connectivity index (χ4n) is 3.95. The largest absolute Gasteiger partial charge is 0.481 e. The zero-order chi connectivity index (χ0) is 18.3. The Morgan fingerprint density at radius 2 is 2.04 bits per heavy atom. The molecule has 2 fully saturated rings. The number of carboxylic acid groups (broad SMARTS) is 1. The lowest BCUT2D eigenvalue weighted by molar-refractivity contribution is -0.157. The van der Waals surface area contributed by atoms with Crippen molar-refractivity contribution in [3.8, 4) is 5.69 Å². The van der Waals surface area contributed by atoms with E-state index in [2.05, 4.69) is 5.10 Å². The zero-order valence-corrected chi connectivity index (χ0v) is 14.6. The van der Waals surface area contributed by atoms with E-state index >= 15 is 0 Å². The Kier molecular flexibility index (Phi) is 4.03. The molecule has 0 unspecified atom stereocenters. The number of aliphatic carboxylic acids is 1. The number of hydrogen-bond acceptors (Lipinski definition) is 4. The molecule has 4 rings (SSSR count). The van der Waals surface area contributed by atoms with Crippen molar-refractivity contribution >= 4 is 11.9 Å². The van der Waals surface area contributed by atoms with Crippen LogP contribution in [0, 0.1) is 18.3 Å². The van der Waals surface area contributed by atoms with Gasteiger partial charge in [0.15, 0.2) is 0 Å². The third-order valence-corrected chi connectivity index (χ3v) is 5.52. The summed E-state index contributed by atoms with van der Waals surface area (Å²) in [7, 11) is 0. The molecule has 1 aromatic heterocycles. The Morgan fingerprint density at radius 3 is 2.65 bits per heavy atom. The predicted molar refractivity (Wildman–Crippen MR) is 93.2 cm³/mol. The van der Waals surface area contributed by atoms with Gasteiger partial charge < -0.3 is 14.7 Å². The van der Waals surface area contributed by atoms with Crippen LogP contribution < -0.4 is 0 Å². The number of likely N-dealkylation sites (tertiary alicyclic amines) is 1. The summed E-state index contributed by atoms with van der Waals surface area (Å²) in [5.74, 6) is -1.11. The van der Waals surface area contributed by atoms with Gasteiger partial charge in [-0.25, -0.2) is 4.68 Å². The molecule has 0 aliphatic carbocycles. The summed E-state index contributed by atoms with van der Waals surface area (Å²) in [6.07, 6.45) is 2.32. The summed E-state index contributed by atoms with van der Waals surface area (Å²) < 4.78 is 7.20. The second-order valence-electron chi connectivity index (χ2n) is 7.12. The lowest BCUT2D eigenvalue weighted by atomic mass is 9.74. The van der Waals surface area contributed by atoms with Gasteiger partial charge in [-0.15, -0.1) is 0 Å². The molecule has 0 radical (unpaired) electrons. The average molecular weight is 355 g/mol. The van der Waals surface area contributed by atoms with Gasteiger partial charge in [-0.1, -0.05) is 0 Å². The van der Waals surface area contributed by atoms with Crippen LogP contribution in [-0.2, 0) is 9.53 Å². The molecular weight excluding hydrogens is 334 g/mol. The molecule has 7 nitrogen and oxygen atoms in total. The molecule has 2 saturated heterocycles. The van der Waals surface area contributed by atoms with E-state index < -0.39 is 11.4 Å². The third-order valence-electron chi connectivity index (χ3n) is 5.52. The number of carbonyl (C=O) groups is 2. The van der Waals surface area contributed by atoms with E-state index in [1.54, 1.807) is 21.7 Å². The smallest absolute Gasteiger partial charge is 0.311 e. The zero-order valence-electron chi connectivity index (χ0n) is 14.6. The SMILES string of the molecule is Cc1ccn(-c2ccc(C(=O)N3C[C@H]4COCC[C@@]4(C(=O)O)C3)cc2)n1. The van der Waals surface area contributed by atoms with Crippen LogP contribution in [-0.4, -0.2) is 58.0 Å². The standard InChI is InChI=1S/C19H21N3O4/c1-13-6-8-22(20-13)16-4-2-14(3-5-16)17(23)21-10-15-11-26-9-7-19(15,12-21)18(24)25/h2-6,8,15H,7,9-12H2,1H3,(H,24,25)/t15-,19+/m0/s1. The summed E-state index contributed by atoms with van der Waals surface area (Å²) in [4.78, 5) is 26.4. The van der Waals surface area contributed by atoms with Gasteiger partial charge in [-0.2, -0.15) is 5.10 Å². The number of benzene rings is 1. The molecule has 2 atom stereocenters. The molecule has 1 amide bonds. The summed E-state index contributed by atoms with van der Waals surface area (Å²) in [6, 6.07) is 9.14. The van der Waals surface area contributed by atoms with E-state index in [0.29, 0.717) is 31.7 Å². The molecule has 0 saturated carbocycles. The first-order valence-corrected chi connectivity index (χ1v) is 8.73. The quantitative estimate of drug-likeness (QED) is 0.907. The van der Waals surface area contributed by atoms with E-state index in [9.17, 15) is 14.7 Å². The number of aromatic nitrogens is 2. The van der Waals surface area contributed by atoms with Crippen molar-refractivity contribution < 1.29 is 19.4 Å². The van der Waals surface area contributed by atoms with E-state index in [1.807, 2.05) is 31.3 Å². The highest BCUT2D eigenvalue weighted by atomic mass is 16.5. The van der Waals surface area contributed by atoms with Crippen molar-refractivity contribution in [2.75, 3.05) is 26.3 Å². The molecule has 2 aliphatic heterocycles. The number of nitrogens with zero attached hydrogens (tertiary/aromatic N) is 3. The van der Waals surface area contributed by atoms with Crippen molar-refractivity contribution in [2.45, 2.75) is 13.3 Å². The summed E-state index contributed by atoms with van der Waals surface area (Å²) in [6.45, 7) is 3.42. The van der Waals surface area contributed by atoms with Gasteiger partial charge in [0, 0.05) is 37.4 Å². The lowest BCUT2D eigenvalue weighted by Crippen LogP contribution is -2.45. The number of carbonyl (C=O) groups excluding carboxylic acids is 1. The Labute approximate surface area is 151 Å². The highest BCUT2D eigenvalue weighted by Gasteiger charge is 2.54. The van der Waals surface area contributed by atoms with Gasteiger partial charge >= 0.3 is 5.97 Å². The van der Waals surface area contributed by atoms with Gasteiger partial charge in [0.2, 0.25) is 0 Å². The monoisotopic (exact) mass is 355 g/mol. The van der Waals surface area contributed by atoms with Crippen molar-refractivity contribution in [2.24, 2.45) is 11.3 Å². The molecule has 2 aromatic rings. The van der Waals surface area contributed by atoms with Gasteiger partial charge in [0.05, 0.1) is 23.4 Å². The first-order valence-electron chi connectivity index (χ1n) is 8.73. The lowest BCUT2D eigenvalue weighted by Gasteiger charge is -2.33. The highest BCUT2D eigenvalue weighted by Crippen LogP contribution is 2.42. The maximum Gasteiger partial charge on any atom is 0.311 e. The minimum atomic E-state index is -0.875. The van der Waals surface area contributed by atoms with Gasteiger partial charge in [-0.05, 0) is 43.7 Å². The normalized spacial score (nSPS) is 25.1. The van der Waals surface area contributed by atoms with Crippen LogP contribution in [0.15, 0.2) is 36.5 Å². The molecule has 0 bridgehead atoms. The molecule has 26 heavy (non-hydrogen) atoms. The molecule has 1 aromatic carbocycles. The van der Waals surface area contributed by atoms with Crippen LogP contribution in [0.1, 0.15) is 22.5 Å². The van der Waals surface area contributed by atoms with E-state index in [-0.39, 0.29) is 18.4 Å². The maximum atomic E-state index is 12.9. The van der Waals surface area contributed by atoms with Gasteiger partial charge in [0.1, 0.15) is 0 Å². The number of carboxylic acids is 1. The van der Waals surface area contributed by atoms with Crippen LogP contribution in [0.4, 0.5) is 0 Å². The minimum Gasteiger partial charge on any atom is -0.481 e. The van der Waals surface area contributed by atoms with Crippen molar-refractivity contribution in [1.29, 1.82) is 0 Å². The first-order chi connectivity index (χ1) is 12.5. The number of fused-ring (bicyclic) bond motifs is 1. The van der Waals surface area contributed by atoms with Crippen LogP contribution in [0.3, 0.4) is 0 Å². The minimum absolute atomic E-state index is 0.136. The molecule has 0 spiro atoms. The van der Waals surface area contributed by atoms with Crippen LogP contribution in [0.25, 0.3) is 5.69 Å². The van der Waals surface area contributed by atoms with Crippen molar-refractivity contribution in [3.63, 3.8) is 0 Å². The molecular formula is C19H21N3O4.